The summed E-state index contributed by atoms with van der Waals surface area (Å²) >= 11 is 2.82. The summed E-state index contributed by atoms with van der Waals surface area (Å²) in [6, 6.07) is 20.5. The molecule has 0 bridgehead atoms. The molecule has 0 saturated heterocycles. The first kappa shape index (κ1) is 25.9. The third-order valence-electron chi connectivity index (χ3n) is 6.21. The standard InChI is InChI=1S/C30H28N2O4S2/c1-3-4-16-35-23-14-12-21(13-15-23)18-25-28(33)32-27(24-11-8-17-37-24)26(20(2)31-30(32)38-25)29(34)36-19-22-9-6-5-7-10-22/h5-15,17-18,27H,3-4,16,19H2,1-2H3/b25-18+/t27-/m0/s1. The molecule has 1 atom stereocenters. The van der Waals surface area contributed by atoms with E-state index in [1.807, 2.05) is 78.2 Å². The number of hydrogen-bond donors (Lipinski definition) is 0. The second-order valence-corrected chi connectivity index (χ2v) is 10.9. The van der Waals surface area contributed by atoms with E-state index in [4.69, 9.17) is 9.47 Å². The van der Waals surface area contributed by atoms with E-state index in [9.17, 15) is 9.59 Å². The van der Waals surface area contributed by atoms with Gasteiger partial charge in [-0.15, -0.1) is 11.3 Å². The Kier molecular flexibility index (Phi) is 8.00. The lowest BCUT2D eigenvalue weighted by molar-refractivity contribution is -0.140. The fourth-order valence-electron chi connectivity index (χ4n) is 4.25. The number of fused-ring (bicyclic) bond motifs is 1. The first-order valence-electron chi connectivity index (χ1n) is 12.5. The van der Waals surface area contributed by atoms with Gasteiger partial charge in [-0.05, 0) is 54.1 Å². The number of carbonyl (C=O) groups excluding carboxylic acids is 1. The molecule has 0 aliphatic carbocycles. The van der Waals surface area contributed by atoms with Crippen LogP contribution in [0.25, 0.3) is 6.08 Å². The summed E-state index contributed by atoms with van der Waals surface area (Å²) in [5.41, 5.74) is 2.55. The zero-order valence-corrected chi connectivity index (χ0v) is 22.9. The Morgan fingerprint density at radius 3 is 2.58 bits per heavy atom. The number of thiophene rings is 1. The predicted molar refractivity (Wildman–Crippen MR) is 151 cm³/mol. The number of rotatable bonds is 9. The summed E-state index contributed by atoms with van der Waals surface area (Å²) in [5, 5.41) is 1.94. The highest BCUT2D eigenvalue weighted by Gasteiger charge is 2.34. The fraction of sp³-hybridized carbons (Fsp3) is 0.233. The van der Waals surface area contributed by atoms with E-state index in [1.165, 1.54) is 22.7 Å². The van der Waals surface area contributed by atoms with Gasteiger partial charge in [-0.25, -0.2) is 9.79 Å². The molecule has 3 heterocycles. The van der Waals surface area contributed by atoms with Gasteiger partial charge in [-0.2, -0.15) is 0 Å². The number of hydrogen-bond acceptors (Lipinski definition) is 7. The average Bonchev–Trinajstić information content (AvgIpc) is 3.57. The number of benzene rings is 2. The van der Waals surface area contributed by atoms with Gasteiger partial charge in [-0.3, -0.25) is 9.36 Å². The third-order valence-corrected chi connectivity index (χ3v) is 8.12. The Bertz CT molecular complexity index is 1620. The number of nitrogens with zero attached hydrogens (tertiary/aromatic N) is 2. The van der Waals surface area contributed by atoms with Gasteiger partial charge in [-0.1, -0.05) is 73.2 Å². The van der Waals surface area contributed by atoms with E-state index in [-0.39, 0.29) is 12.2 Å². The van der Waals surface area contributed by atoms with Crippen LogP contribution < -0.4 is 19.6 Å². The number of ether oxygens (including phenoxy) is 2. The van der Waals surface area contributed by atoms with Gasteiger partial charge in [0.1, 0.15) is 18.4 Å². The molecule has 38 heavy (non-hydrogen) atoms. The molecule has 0 saturated carbocycles. The van der Waals surface area contributed by atoms with Crippen LogP contribution in [-0.4, -0.2) is 17.1 Å². The molecule has 2 aromatic heterocycles. The quantitative estimate of drug-likeness (QED) is 0.214. The number of aromatic nitrogens is 1. The lowest BCUT2D eigenvalue weighted by Gasteiger charge is -2.23. The highest BCUT2D eigenvalue weighted by molar-refractivity contribution is 7.10. The number of allylic oxidation sites excluding steroid dienone is 1. The Balaban J connectivity index is 1.48. The lowest BCUT2D eigenvalue weighted by Crippen LogP contribution is -2.39. The van der Waals surface area contributed by atoms with Crippen LogP contribution in [0.1, 0.15) is 48.7 Å². The van der Waals surface area contributed by atoms with Crippen LogP contribution in [0.15, 0.2) is 93.2 Å². The normalized spacial score (nSPS) is 15.2. The Morgan fingerprint density at radius 2 is 1.87 bits per heavy atom. The zero-order valence-electron chi connectivity index (χ0n) is 21.3. The molecule has 0 fully saturated rings. The van der Waals surface area contributed by atoms with E-state index in [1.54, 1.807) is 11.5 Å². The minimum atomic E-state index is -0.592. The van der Waals surface area contributed by atoms with Crippen LogP contribution in [-0.2, 0) is 16.1 Å². The zero-order chi connectivity index (χ0) is 26.5. The highest BCUT2D eigenvalue weighted by atomic mass is 32.1. The second-order valence-electron chi connectivity index (χ2n) is 8.93. The lowest BCUT2D eigenvalue weighted by atomic mass is 10.0. The van der Waals surface area contributed by atoms with Gasteiger partial charge in [0.2, 0.25) is 0 Å². The van der Waals surface area contributed by atoms with E-state index < -0.39 is 12.0 Å². The van der Waals surface area contributed by atoms with Crippen LogP contribution in [0, 0.1) is 0 Å². The van der Waals surface area contributed by atoms with Crippen LogP contribution in [0.2, 0.25) is 0 Å². The van der Waals surface area contributed by atoms with Crippen molar-refractivity contribution < 1.29 is 14.3 Å². The summed E-state index contributed by atoms with van der Waals surface area (Å²) in [6.07, 6.45) is 3.95. The Morgan fingerprint density at radius 1 is 1.08 bits per heavy atom. The highest BCUT2D eigenvalue weighted by Crippen LogP contribution is 2.33. The van der Waals surface area contributed by atoms with Crippen molar-refractivity contribution in [1.82, 2.24) is 4.57 Å². The molecule has 1 aliphatic rings. The van der Waals surface area contributed by atoms with Gasteiger partial charge in [0.25, 0.3) is 5.56 Å². The van der Waals surface area contributed by atoms with E-state index >= 15 is 0 Å². The molecule has 194 valence electrons. The van der Waals surface area contributed by atoms with Crippen molar-refractivity contribution in [2.45, 2.75) is 39.3 Å². The number of thiazole rings is 1. The average molecular weight is 545 g/mol. The molecule has 0 unspecified atom stereocenters. The van der Waals surface area contributed by atoms with Crippen LogP contribution >= 0.6 is 22.7 Å². The van der Waals surface area contributed by atoms with Crippen molar-refractivity contribution in [3.63, 3.8) is 0 Å². The SMILES string of the molecule is CCCCOc1ccc(/C=c2/sc3n(c2=O)[C@@H](c2cccs2)C(C(=O)OCc2ccccc2)=C(C)N=3)cc1. The van der Waals surface area contributed by atoms with Gasteiger partial charge in [0, 0.05) is 4.88 Å². The summed E-state index contributed by atoms with van der Waals surface area (Å²) < 4.78 is 13.6. The van der Waals surface area contributed by atoms with E-state index in [0.717, 1.165) is 34.6 Å². The van der Waals surface area contributed by atoms with Gasteiger partial charge >= 0.3 is 5.97 Å². The maximum atomic E-state index is 13.7. The van der Waals surface area contributed by atoms with Crippen molar-refractivity contribution in [2.24, 2.45) is 4.99 Å². The molecule has 0 N–H and O–H groups in total. The number of carbonyl (C=O) groups is 1. The minimum Gasteiger partial charge on any atom is -0.494 e. The molecular weight excluding hydrogens is 516 g/mol. The smallest absolute Gasteiger partial charge is 0.338 e. The summed E-state index contributed by atoms with van der Waals surface area (Å²) in [5.74, 6) is 0.338. The molecule has 6 nitrogen and oxygen atoms in total. The molecule has 0 spiro atoms. The Hall–Kier alpha value is -3.75. The number of esters is 1. The topological polar surface area (TPSA) is 69.9 Å². The summed E-state index contributed by atoms with van der Waals surface area (Å²) in [7, 11) is 0. The van der Waals surface area contributed by atoms with Gasteiger partial charge in [0.15, 0.2) is 4.80 Å². The first-order valence-corrected chi connectivity index (χ1v) is 14.2. The first-order chi connectivity index (χ1) is 18.5. The Labute approximate surface area is 228 Å². The predicted octanol–water partition coefficient (Wildman–Crippen LogP) is 5.22. The van der Waals surface area contributed by atoms with Crippen LogP contribution in [0.4, 0.5) is 0 Å². The van der Waals surface area contributed by atoms with E-state index in [2.05, 4.69) is 11.9 Å². The largest absolute Gasteiger partial charge is 0.494 e. The van der Waals surface area contributed by atoms with Crippen molar-refractivity contribution in [1.29, 1.82) is 0 Å². The molecule has 0 amide bonds. The van der Waals surface area contributed by atoms with Gasteiger partial charge in [0.05, 0.1) is 22.4 Å². The molecule has 2 aromatic carbocycles. The maximum absolute atomic E-state index is 13.7. The van der Waals surface area contributed by atoms with E-state index in [0.29, 0.717) is 27.2 Å². The summed E-state index contributed by atoms with van der Waals surface area (Å²) in [6.45, 7) is 4.76. The van der Waals surface area contributed by atoms with Crippen LogP contribution in [0.5, 0.6) is 5.75 Å². The van der Waals surface area contributed by atoms with Crippen molar-refractivity contribution >= 4 is 34.7 Å². The van der Waals surface area contributed by atoms with Crippen molar-refractivity contribution in [2.75, 3.05) is 6.61 Å². The summed E-state index contributed by atoms with van der Waals surface area (Å²) in [4.78, 5) is 33.2. The third kappa shape index (κ3) is 5.56. The fourth-order valence-corrected chi connectivity index (χ4v) is 6.12. The molecular formula is C30H28N2O4S2. The monoisotopic (exact) mass is 544 g/mol. The maximum Gasteiger partial charge on any atom is 0.338 e. The molecule has 5 rings (SSSR count). The molecule has 0 radical (unpaired) electrons. The molecule has 8 heteroatoms. The van der Waals surface area contributed by atoms with Crippen molar-refractivity contribution in [3.8, 4) is 5.75 Å². The van der Waals surface area contributed by atoms with Gasteiger partial charge < -0.3 is 9.47 Å². The van der Waals surface area contributed by atoms with Crippen molar-refractivity contribution in [3.05, 3.63) is 119 Å². The number of unbranched alkanes of at least 4 members (excludes halogenated alkanes) is 1. The second kappa shape index (κ2) is 11.8. The molecule has 4 aromatic rings. The minimum absolute atomic E-state index is 0.149. The molecule has 1 aliphatic heterocycles. The van der Waals surface area contributed by atoms with Crippen LogP contribution in [0.3, 0.4) is 0 Å².